The van der Waals surface area contributed by atoms with Crippen LogP contribution in [-0.4, -0.2) is 28.6 Å². The molecule has 0 saturated carbocycles. The standard InChI is InChI=1S/C16H20N4O3/c1-10(8-17)20-13-11(9-18-20)6-7-12(14(13)22-5)19-15(21)23-16(2,3)4/h6-7,9-10H,1-5H3,(H,19,21). The van der Waals surface area contributed by atoms with Gasteiger partial charge in [-0.1, -0.05) is 0 Å². The van der Waals surface area contributed by atoms with Gasteiger partial charge in [0.1, 0.15) is 17.2 Å². The fraction of sp³-hybridized carbons (Fsp3) is 0.438. The van der Waals surface area contributed by atoms with Crippen molar-refractivity contribution in [2.24, 2.45) is 0 Å². The fourth-order valence-electron chi connectivity index (χ4n) is 2.18. The van der Waals surface area contributed by atoms with Gasteiger partial charge in [0.2, 0.25) is 0 Å². The molecule has 1 aromatic heterocycles. The highest BCUT2D eigenvalue weighted by atomic mass is 16.6. The van der Waals surface area contributed by atoms with Crippen LogP contribution in [0.4, 0.5) is 10.5 Å². The van der Waals surface area contributed by atoms with Crippen LogP contribution in [0.25, 0.3) is 10.9 Å². The quantitative estimate of drug-likeness (QED) is 0.936. The zero-order valence-corrected chi connectivity index (χ0v) is 13.9. The molecule has 2 aromatic rings. The van der Waals surface area contributed by atoms with Gasteiger partial charge in [-0.2, -0.15) is 10.4 Å². The molecule has 0 aliphatic heterocycles. The van der Waals surface area contributed by atoms with Crippen molar-refractivity contribution >= 4 is 22.7 Å². The summed E-state index contributed by atoms with van der Waals surface area (Å²) in [6.45, 7) is 7.10. The van der Waals surface area contributed by atoms with E-state index in [2.05, 4.69) is 16.5 Å². The summed E-state index contributed by atoms with van der Waals surface area (Å²) in [4.78, 5) is 12.0. The predicted molar refractivity (Wildman–Crippen MR) is 86.5 cm³/mol. The van der Waals surface area contributed by atoms with Crippen LogP contribution in [0.1, 0.15) is 33.7 Å². The Morgan fingerprint density at radius 3 is 2.70 bits per heavy atom. The molecular formula is C16H20N4O3. The average Bonchev–Trinajstić information content (AvgIpc) is 2.88. The van der Waals surface area contributed by atoms with Crippen molar-refractivity contribution in [3.8, 4) is 11.8 Å². The average molecular weight is 316 g/mol. The van der Waals surface area contributed by atoms with Crippen LogP contribution in [-0.2, 0) is 4.74 Å². The predicted octanol–water partition coefficient (Wildman–Crippen LogP) is 3.48. The van der Waals surface area contributed by atoms with Gasteiger partial charge in [0.15, 0.2) is 5.75 Å². The summed E-state index contributed by atoms with van der Waals surface area (Å²) < 4.78 is 12.3. The Hall–Kier alpha value is -2.75. The number of rotatable bonds is 3. The van der Waals surface area contributed by atoms with Crippen LogP contribution in [0.15, 0.2) is 18.3 Å². The number of carbonyl (C=O) groups is 1. The van der Waals surface area contributed by atoms with E-state index in [9.17, 15) is 4.79 Å². The molecule has 23 heavy (non-hydrogen) atoms. The summed E-state index contributed by atoms with van der Waals surface area (Å²) in [5.74, 6) is 0.438. The zero-order chi connectivity index (χ0) is 17.2. The van der Waals surface area contributed by atoms with Crippen molar-refractivity contribution in [1.82, 2.24) is 9.78 Å². The lowest BCUT2D eigenvalue weighted by molar-refractivity contribution is 0.0635. The van der Waals surface area contributed by atoms with E-state index in [1.54, 1.807) is 50.7 Å². The molecule has 1 aromatic carbocycles. The molecule has 0 fully saturated rings. The highest BCUT2D eigenvalue weighted by Gasteiger charge is 2.20. The van der Waals surface area contributed by atoms with Gasteiger partial charge in [-0.05, 0) is 39.8 Å². The normalized spacial score (nSPS) is 12.5. The van der Waals surface area contributed by atoms with Gasteiger partial charge >= 0.3 is 6.09 Å². The molecule has 122 valence electrons. The number of nitrogens with one attached hydrogen (secondary N) is 1. The lowest BCUT2D eigenvalue weighted by atomic mass is 10.2. The van der Waals surface area contributed by atoms with Gasteiger partial charge in [-0.25, -0.2) is 9.48 Å². The van der Waals surface area contributed by atoms with Crippen LogP contribution < -0.4 is 10.1 Å². The maximum atomic E-state index is 12.0. The molecule has 2 rings (SSSR count). The van der Waals surface area contributed by atoms with Crippen LogP contribution in [0.5, 0.6) is 5.75 Å². The highest BCUT2D eigenvalue weighted by Crippen LogP contribution is 2.35. The Labute approximate surface area is 134 Å². The lowest BCUT2D eigenvalue weighted by Crippen LogP contribution is -2.27. The maximum absolute atomic E-state index is 12.0. The summed E-state index contributed by atoms with van der Waals surface area (Å²) in [6.07, 6.45) is 1.08. The summed E-state index contributed by atoms with van der Waals surface area (Å²) in [6, 6.07) is 5.20. The molecule has 7 heteroatoms. The minimum absolute atomic E-state index is 0.438. The summed E-state index contributed by atoms with van der Waals surface area (Å²) in [7, 11) is 1.50. The van der Waals surface area contributed by atoms with Crippen LogP contribution >= 0.6 is 0 Å². The number of aromatic nitrogens is 2. The molecule has 0 radical (unpaired) electrons. The van der Waals surface area contributed by atoms with Gasteiger partial charge in [0.05, 0.1) is 25.1 Å². The highest BCUT2D eigenvalue weighted by molar-refractivity contribution is 5.96. The Balaban J connectivity index is 2.45. The van der Waals surface area contributed by atoms with Crippen LogP contribution in [0.3, 0.4) is 0 Å². The number of benzene rings is 1. The number of methoxy groups -OCH3 is 1. The van der Waals surface area contributed by atoms with Crippen molar-refractivity contribution in [3.63, 3.8) is 0 Å². The van der Waals surface area contributed by atoms with E-state index in [-0.39, 0.29) is 0 Å². The molecule has 0 bridgehead atoms. The molecule has 0 saturated heterocycles. The third-order valence-corrected chi connectivity index (χ3v) is 3.11. The second-order valence-electron chi connectivity index (χ2n) is 6.11. The lowest BCUT2D eigenvalue weighted by Gasteiger charge is -2.20. The molecule has 1 atom stereocenters. The van der Waals surface area contributed by atoms with Crippen molar-refractivity contribution in [2.75, 3.05) is 12.4 Å². The first kappa shape index (κ1) is 16.6. The van der Waals surface area contributed by atoms with Crippen molar-refractivity contribution in [1.29, 1.82) is 5.26 Å². The fourth-order valence-corrected chi connectivity index (χ4v) is 2.18. The Bertz CT molecular complexity index is 768. The largest absolute Gasteiger partial charge is 0.492 e. The van der Waals surface area contributed by atoms with E-state index in [0.717, 1.165) is 5.39 Å². The number of nitrogens with zero attached hydrogens (tertiary/aromatic N) is 3. The van der Waals surface area contributed by atoms with Crippen molar-refractivity contribution in [2.45, 2.75) is 39.3 Å². The van der Waals surface area contributed by atoms with E-state index in [0.29, 0.717) is 17.0 Å². The number of anilines is 1. The van der Waals surface area contributed by atoms with E-state index in [1.165, 1.54) is 7.11 Å². The smallest absolute Gasteiger partial charge is 0.412 e. The first-order chi connectivity index (χ1) is 10.8. The minimum atomic E-state index is -0.599. The number of hydrogen-bond donors (Lipinski definition) is 1. The number of nitriles is 1. The molecule has 7 nitrogen and oxygen atoms in total. The zero-order valence-electron chi connectivity index (χ0n) is 13.9. The second kappa shape index (κ2) is 6.16. The van der Waals surface area contributed by atoms with Crippen molar-refractivity contribution < 1.29 is 14.3 Å². The summed E-state index contributed by atoms with van der Waals surface area (Å²) >= 11 is 0. The molecule has 1 N–H and O–H groups in total. The molecule has 1 unspecified atom stereocenters. The first-order valence-electron chi connectivity index (χ1n) is 7.20. The first-order valence-corrected chi connectivity index (χ1v) is 7.20. The van der Waals surface area contributed by atoms with Gasteiger partial charge in [0.25, 0.3) is 0 Å². The van der Waals surface area contributed by atoms with E-state index in [4.69, 9.17) is 14.7 Å². The van der Waals surface area contributed by atoms with Gasteiger partial charge in [-0.15, -0.1) is 0 Å². The maximum Gasteiger partial charge on any atom is 0.412 e. The van der Waals surface area contributed by atoms with Gasteiger partial charge < -0.3 is 9.47 Å². The van der Waals surface area contributed by atoms with E-state index < -0.39 is 17.7 Å². The molecule has 0 aliphatic carbocycles. The van der Waals surface area contributed by atoms with Crippen molar-refractivity contribution in [3.05, 3.63) is 18.3 Å². The van der Waals surface area contributed by atoms with Crippen LogP contribution in [0.2, 0.25) is 0 Å². The minimum Gasteiger partial charge on any atom is -0.492 e. The Morgan fingerprint density at radius 1 is 1.43 bits per heavy atom. The monoisotopic (exact) mass is 316 g/mol. The number of amides is 1. The second-order valence-corrected chi connectivity index (χ2v) is 6.11. The number of ether oxygens (including phenoxy) is 2. The summed E-state index contributed by atoms with van der Waals surface area (Å²) in [5.41, 5.74) is 0.509. The molecule has 1 heterocycles. The molecule has 1 amide bonds. The van der Waals surface area contributed by atoms with E-state index >= 15 is 0 Å². The molecular weight excluding hydrogens is 296 g/mol. The third kappa shape index (κ3) is 3.54. The number of fused-ring (bicyclic) bond motifs is 1. The topological polar surface area (TPSA) is 89.2 Å². The Morgan fingerprint density at radius 2 is 2.13 bits per heavy atom. The van der Waals surface area contributed by atoms with Crippen LogP contribution in [0, 0.1) is 11.3 Å². The Kier molecular flexibility index (Phi) is 4.45. The van der Waals surface area contributed by atoms with Gasteiger partial charge in [0, 0.05) is 5.39 Å². The molecule has 0 spiro atoms. The molecule has 0 aliphatic rings. The van der Waals surface area contributed by atoms with Gasteiger partial charge in [-0.3, -0.25) is 5.32 Å². The SMILES string of the molecule is COc1c(NC(=O)OC(C)(C)C)ccc2cnn(C(C)C#N)c12. The number of carbonyl (C=O) groups excluding carboxylic acids is 1. The van der Waals surface area contributed by atoms with E-state index in [1.807, 2.05) is 0 Å². The summed E-state index contributed by atoms with van der Waals surface area (Å²) in [5, 5.41) is 16.8. The number of hydrogen-bond acceptors (Lipinski definition) is 5. The third-order valence-electron chi connectivity index (χ3n) is 3.11.